The zero-order valence-corrected chi connectivity index (χ0v) is 20.2. The highest BCUT2D eigenvalue weighted by Crippen LogP contribution is 2.15. The molecule has 7 heteroatoms. The largest absolute Gasteiger partial charge is 0.379 e. The van der Waals surface area contributed by atoms with Crippen molar-refractivity contribution in [2.45, 2.75) is 46.1 Å². The van der Waals surface area contributed by atoms with Gasteiger partial charge in [0.15, 0.2) is 5.96 Å². The van der Waals surface area contributed by atoms with Crippen LogP contribution in [0.25, 0.3) is 0 Å². The molecule has 2 N–H and O–H groups in total. The van der Waals surface area contributed by atoms with Crippen LogP contribution in [0, 0.1) is 11.8 Å². The van der Waals surface area contributed by atoms with E-state index in [1.165, 1.54) is 32.4 Å². The van der Waals surface area contributed by atoms with Crippen molar-refractivity contribution in [2.75, 3.05) is 66.1 Å². The van der Waals surface area contributed by atoms with Crippen LogP contribution < -0.4 is 10.6 Å². The van der Waals surface area contributed by atoms with E-state index in [2.05, 4.69) is 46.2 Å². The molecule has 2 fully saturated rings. The number of hydrogen-bond donors (Lipinski definition) is 2. The van der Waals surface area contributed by atoms with Crippen molar-refractivity contribution >= 4 is 29.9 Å². The second-order valence-corrected chi connectivity index (χ2v) is 8.36. The number of nitrogens with one attached hydrogen (secondary N) is 2. The van der Waals surface area contributed by atoms with Crippen LogP contribution in [-0.2, 0) is 4.74 Å². The van der Waals surface area contributed by atoms with E-state index in [4.69, 9.17) is 4.74 Å². The minimum Gasteiger partial charge on any atom is -0.379 e. The standard InChI is InChI=1S/C20H41N5O.HI/c1-17(2)14-19(25-10-12-26-13-11-25)15-23-20(21-4)22-7-9-24-8-5-6-18(3)16-24;/h17-19H,5-16H2,1-4H3,(H2,21,22,23);1H. The minimum atomic E-state index is 0. The normalized spacial score (nSPS) is 23.7. The maximum Gasteiger partial charge on any atom is 0.191 e. The number of halogens is 1. The molecule has 0 amide bonds. The van der Waals surface area contributed by atoms with Crippen LogP contribution in [0.3, 0.4) is 0 Å². The first-order valence-electron chi connectivity index (χ1n) is 10.6. The molecule has 2 aliphatic rings. The molecule has 0 aromatic heterocycles. The van der Waals surface area contributed by atoms with Crippen molar-refractivity contribution in [3.63, 3.8) is 0 Å². The predicted octanol–water partition coefficient (Wildman–Crippen LogP) is 2.25. The monoisotopic (exact) mass is 495 g/mol. The number of piperidine rings is 1. The zero-order valence-electron chi connectivity index (χ0n) is 17.9. The molecule has 0 saturated carbocycles. The third-order valence-corrected chi connectivity index (χ3v) is 5.50. The summed E-state index contributed by atoms with van der Waals surface area (Å²) < 4.78 is 5.52. The number of likely N-dealkylation sites (tertiary alicyclic amines) is 1. The van der Waals surface area contributed by atoms with Gasteiger partial charge in [0.25, 0.3) is 0 Å². The summed E-state index contributed by atoms with van der Waals surface area (Å²) in [4.78, 5) is 9.56. The maximum atomic E-state index is 5.52. The quantitative estimate of drug-likeness (QED) is 0.308. The molecule has 2 unspecified atom stereocenters. The topological polar surface area (TPSA) is 52.1 Å². The van der Waals surface area contributed by atoms with E-state index in [9.17, 15) is 0 Å². The first kappa shape index (κ1) is 24.9. The number of guanidine groups is 1. The van der Waals surface area contributed by atoms with Crippen molar-refractivity contribution in [2.24, 2.45) is 16.8 Å². The van der Waals surface area contributed by atoms with Gasteiger partial charge in [0.2, 0.25) is 0 Å². The Morgan fingerprint density at radius 1 is 1.19 bits per heavy atom. The Bertz CT molecular complexity index is 415. The van der Waals surface area contributed by atoms with Crippen LogP contribution in [0.4, 0.5) is 0 Å². The number of nitrogens with zero attached hydrogens (tertiary/aromatic N) is 3. The number of ether oxygens (including phenoxy) is 1. The summed E-state index contributed by atoms with van der Waals surface area (Å²) in [6.45, 7) is 16.2. The van der Waals surface area contributed by atoms with Crippen molar-refractivity contribution in [1.82, 2.24) is 20.4 Å². The highest BCUT2D eigenvalue weighted by Gasteiger charge is 2.22. The minimum absolute atomic E-state index is 0. The van der Waals surface area contributed by atoms with Crippen LogP contribution in [0.1, 0.15) is 40.0 Å². The van der Waals surface area contributed by atoms with Gasteiger partial charge < -0.3 is 20.3 Å². The number of aliphatic imine (C=N–C) groups is 1. The van der Waals surface area contributed by atoms with E-state index in [0.717, 1.165) is 57.8 Å². The number of morpholine rings is 1. The van der Waals surface area contributed by atoms with Gasteiger partial charge in [-0.15, -0.1) is 24.0 Å². The van der Waals surface area contributed by atoms with Crippen molar-refractivity contribution < 1.29 is 4.74 Å². The summed E-state index contributed by atoms with van der Waals surface area (Å²) in [6, 6.07) is 0.542. The lowest BCUT2D eigenvalue weighted by molar-refractivity contribution is 0.0132. The third-order valence-electron chi connectivity index (χ3n) is 5.50. The molecule has 2 heterocycles. The fraction of sp³-hybridized carbons (Fsp3) is 0.950. The molecule has 2 rings (SSSR count). The van der Waals surface area contributed by atoms with Gasteiger partial charge in [-0.3, -0.25) is 9.89 Å². The van der Waals surface area contributed by atoms with E-state index in [0.29, 0.717) is 12.0 Å². The molecule has 27 heavy (non-hydrogen) atoms. The average Bonchev–Trinajstić information content (AvgIpc) is 2.64. The Morgan fingerprint density at radius 2 is 1.93 bits per heavy atom. The van der Waals surface area contributed by atoms with Gasteiger partial charge in [-0.1, -0.05) is 20.8 Å². The molecular weight excluding hydrogens is 453 g/mol. The van der Waals surface area contributed by atoms with Gasteiger partial charge in [-0.05, 0) is 37.6 Å². The van der Waals surface area contributed by atoms with Gasteiger partial charge in [-0.2, -0.15) is 0 Å². The van der Waals surface area contributed by atoms with Gasteiger partial charge in [0.05, 0.1) is 13.2 Å². The molecule has 2 atom stereocenters. The Labute approximate surface area is 183 Å². The number of hydrogen-bond acceptors (Lipinski definition) is 4. The summed E-state index contributed by atoms with van der Waals surface area (Å²) in [5, 5.41) is 7.05. The third kappa shape index (κ3) is 9.76. The first-order valence-corrected chi connectivity index (χ1v) is 10.6. The molecule has 0 aromatic rings. The van der Waals surface area contributed by atoms with E-state index < -0.39 is 0 Å². The fourth-order valence-corrected chi connectivity index (χ4v) is 4.11. The van der Waals surface area contributed by atoms with E-state index in [1.54, 1.807) is 0 Å². The Morgan fingerprint density at radius 3 is 2.56 bits per heavy atom. The highest BCUT2D eigenvalue weighted by molar-refractivity contribution is 14.0. The van der Waals surface area contributed by atoms with Crippen LogP contribution in [0.2, 0.25) is 0 Å². The average molecular weight is 495 g/mol. The zero-order chi connectivity index (χ0) is 18.8. The Balaban J connectivity index is 0.00000364. The second-order valence-electron chi connectivity index (χ2n) is 8.36. The molecule has 160 valence electrons. The van der Waals surface area contributed by atoms with E-state index in [1.807, 2.05) is 7.05 Å². The molecule has 2 aliphatic heterocycles. The number of rotatable bonds is 8. The highest BCUT2D eigenvalue weighted by atomic mass is 127. The lowest BCUT2D eigenvalue weighted by Gasteiger charge is -2.36. The van der Waals surface area contributed by atoms with E-state index >= 15 is 0 Å². The van der Waals surface area contributed by atoms with Crippen LogP contribution in [0.15, 0.2) is 4.99 Å². The Hall–Kier alpha value is -0.120. The SMILES string of the molecule is CN=C(NCCN1CCCC(C)C1)NCC(CC(C)C)N1CCOCC1.I. The van der Waals surface area contributed by atoms with Crippen LogP contribution in [-0.4, -0.2) is 87.9 Å². The second kappa shape index (κ2) is 14.0. The van der Waals surface area contributed by atoms with Crippen LogP contribution in [0.5, 0.6) is 0 Å². The molecule has 0 aromatic carbocycles. The molecule has 0 radical (unpaired) electrons. The van der Waals surface area contributed by atoms with Gasteiger partial charge in [0, 0.05) is 52.4 Å². The predicted molar refractivity (Wildman–Crippen MR) is 125 cm³/mol. The lowest BCUT2D eigenvalue weighted by atomic mass is 10.0. The van der Waals surface area contributed by atoms with Crippen molar-refractivity contribution in [3.8, 4) is 0 Å². The van der Waals surface area contributed by atoms with Crippen molar-refractivity contribution in [3.05, 3.63) is 0 Å². The summed E-state index contributed by atoms with van der Waals surface area (Å²) in [7, 11) is 1.87. The molecule has 0 spiro atoms. The lowest BCUT2D eigenvalue weighted by Crippen LogP contribution is -2.51. The summed E-state index contributed by atoms with van der Waals surface area (Å²) >= 11 is 0. The molecular formula is C20H42IN5O. The van der Waals surface area contributed by atoms with Crippen LogP contribution >= 0.6 is 24.0 Å². The molecule has 0 bridgehead atoms. The maximum absolute atomic E-state index is 5.52. The summed E-state index contributed by atoms with van der Waals surface area (Å²) in [5.41, 5.74) is 0. The molecule has 0 aliphatic carbocycles. The van der Waals surface area contributed by atoms with Gasteiger partial charge in [0.1, 0.15) is 0 Å². The fourth-order valence-electron chi connectivity index (χ4n) is 4.11. The van der Waals surface area contributed by atoms with Gasteiger partial charge in [-0.25, -0.2) is 0 Å². The van der Waals surface area contributed by atoms with Crippen molar-refractivity contribution in [1.29, 1.82) is 0 Å². The summed E-state index contributed by atoms with van der Waals surface area (Å²) in [6.07, 6.45) is 3.92. The molecule has 2 saturated heterocycles. The molecule has 6 nitrogen and oxygen atoms in total. The van der Waals surface area contributed by atoms with Gasteiger partial charge >= 0.3 is 0 Å². The Kier molecular flexibility index (Phi) is 12.9. The first-order chi connectivity index (χ1) is 12.6. The van der Waals surface area contributed by atoms with E-state index in [-0.39, 0.29) is 24.0 Å². The smallest absolute Gasteiger partial charge is 0.191 e. The summed E-state index contributed by atoms with van der Waals surface area (Å²) in [5.74, 6) is 2.46.